The molecule has 0 fully saturated rings. The first kappa shape index (κ1) is 16.3. The molecule has 2 aromatic heterocycles. The molecule has 3 heterocycles. The fourth-order valence-electron chi connectivity index (χ4n) is 2.73. The lowest BCUT2D eigenvalue weighted by atomic mass is 10.2. The van der Waals surface area contributed by atoms with E-state index in [1.165, 1.54) is 16.0 Å². The normalized spacial score (nSPS) is 14.3. The Morgan fingerprint density at radius 2 is 2.22 bits per heavy atom. The Morgan fingerprint density at radius 1 is 1.35 bits per heavy atom. The van der Waals surface area contributed by atoms with Crippen molar-refractivity contribution in [3.63, 3.8) is 0 Å². The molecule has 1 N–H and O–H groups in total. The second kappa shape index (κ2) is 7.31. The zero-order valence-corrected chi connectivity index (χ0v) is 14.3. The van der Waals surface area contributed by atoms with Gasteiger partial charge in [-0.25, -0.2) is 9.48 Å². The number of carbonyl (C=O) groups is 1. The summed E-state index contributed by atoms with van der Waals surface area (Å²) >= 11 is 7.38. The lowest BCUT2D eigenvalue weighted by Crippen LogP contribution is -2.34. The third-order valence-electron chi connectivity index (χ3n) is 3.90. The molecule has 0 aromatic carbocycles. The van der Waals surface area contributed by atoms with E-state index in [1.807, 2.05) is 12.1 Å². The van der Waals surface area contributed by atoms with E-state index in [2.05, 4.69) is 10.4 Å². The van der Waals surface area contributed by atoms with Crippen molar-refractivity contribution in [2.24, 2.45) is 0 Å². The van der Waals surface area contributed by atoms with Gasteiger partial charge in [0, 0.05) is 24.4 Å². The minimum absolute atomic E-state index is 0.0238. The van der Waals surface area contributed by atoms with Gasteiger partial charge in [0.05, 0.1) is 4.34 Å². The van der Waals surface area contributed by atoms with Gasteiger partial charge < -0.3 is 5.32 Å². The number of carbonyl (C=O) groups excluding carboxylic acids is 1. The van der Waals surface area contributed by atoms with Crippen LogP contribution in [0.5, 0.6) is 0 Å². The summed E-state index contributed by atoms with van der Waals surface area (Å²) in [6, 6.07) is 3.80. The van der Waals surface area contributed by atoms with Crippen LogP contribution in [-0.2, 0) is 30.7 Å². The van der Waals surface area contributed by atoms with Crippen LogP contribution in [-0.4, -0.2) is 26.8 Å². The van der Waals surface area contributed by atoms with Crippen LogP contribution in [0, 0.1) is 0 Å². The standard InChI is InChI=1S/C15H19ClN4O2S/c16-12-6-5-11(23-12)7-8-17-14(21)10-20-15(22)19-9-3-1-2-4-13(19)18-20/h5-6H,1-4,7-10H2,(H,17,21). The monoisotopic (exact) mass is 354 g/mol. The van der Waals surface area contributed by atoms with Crippen LogP contribution in [0.4, 0.5) is 0 Å². The molecule has 0 bridgehead atoms. The van der Waals surface area contributed by atoms with Crippen molar-refractivity contribution in [2.45, 2.75) is 45.2 Å². The van der Waals surface area contributed by atoms with Crippen LogP contribution in [0.1, 0.15) is 30.0 Å². The van der Waals surface area contributed by atoms with Gasteiger partial charge in [0.2, 0.25) is 5.91 Å². The fourth-order valence-corrected chi connectivity index (χ4v) is 3.82. The second-order valence-corrected chi connectivity index (χ2v) is 7.42. The van der Waals surface area contributed by atoms with E-state index in [0.29, 0.717) is 13.1 Å². The lowest BCUT2D eigenvalue weighted by Gasteiger charge is -2.03. The maximum Gasteiger partial charge on any atom is 0.346 e. The number of thiophene rings is 1. The predicted molar refractivity (Wildman–Crippen MR) is 90.1 cm³/mol. The molecule has 124 valence electrons. The average molecular weight is 355 g/mol. The van der Waals surface area contributed by atoms with Crippen LogP contribution >= 0.6 is 22.9 Å². The van der Waals surface area contributed by atoms with Crippen molar-refractivity contribution in [2.75, 3.05) is 6.54 Å². The highest BCUT2D eigenvalue weighted by Gasteiger charge is 2.17. The largest absolute Gasteiger partial charge is 0.354 e. The fraction of sp³-hybridized carbons (Fsp3) is 0.533. The number of aromatic nitrogens is 3. The van der Waals surface area contributed by atoms with E-state index in [9.17, 15) is 9.59 Å². The van der Waals surface area contributed by atoms with Gasteiger partial charge in [-0.15, -0.1) is 11.3 Å². The third-order valence-corrected chi connectivity index (χ3v) is 5.19. The van der Waals surface area contributed by atoms with Crippen molar-refractivity contribution in [1.29, 1.82) is 0 Å². The Balaban J connectivity index is 1.54. The van der Waals surface area contributed by atoms with Crippen molar-refractivity contribution < 1.29 is 4.79 Å². The molecule has 1 aliphatic heterocycles. The van der Waals surface area contributed by atoms with Crippen LogP contribution in [0.25, 0.3) is 0 Å². The molecule has 23 heavy (non-hydrogen) atoms. The lowest BCUT2D eigenvalue weighted by molar-refractivity contribution is -0.121. The number of fused-ring (bicyclic) bond motifs is 1. The summed E-state index contributed by atoms with van der Waals surface area (Å²) in [5.74, 6) is 0.608. The van der Waals surface area contributed by atoms with Gasteiger partial charge in [-0.05, 0) is 31.4 Å². The number of hydrogen-bond donors (Lipinski definition) is 1. The quantitative estimate of drug-likeness (QED) is 0.890. The number of nitrogens with zero attached hydrogens (tertiary/aromatic N) is 3. The van der Waals surface area contributed by atoms with Crippen LogP contribution < -0.4 is 11.0 Å². The topological polar surface area (TPSA) is 68.9 Å². The highest BCUT2D eigenvalue weighted by molar-refractivity contribution is 7.16. The second-order valence-electron chi connectivity index (χ2n) is 5.62. The van der Waals surface area contributed by atoms with Crippen molar-refractivity contribution in [3.8, 4) is 0 Å². The summed E-state index contributed by atoms with van der Waals surface area (Å²) in [6.45, 7) is 1.21. The molecule has 0 spiro atoms. The third kappa shape index (κ3) is 4.03. The van der Waals surface area contributed by atoms with Gasteiger partial charge in [-0.1, -0.05) is 18.0 Å². The Labute approximate surface area is 143 Å². The van der Waals surface area contributed by atoms with Gasteiger partial charge in [0.25, 0.3) is 0 Å². The molecule has 0 unspecified atom stereocenters. The van der Waals surface area contributed by atoms with E-state index in [1.54, 1.807) is 4.57 Å². The molecule has 0 atom stereocenters. The number of nitrogens with one attached hydrogen (secondary N) is 1. The molecule has 8 heteroatoms. The molecule has 1 aliphatic rings. The maximum absolute atomic E-state index is 12.3. The minimum atomic E-state index is -0.192. The Morgan fingerprint density at radius 3 is 3.00 bits per heavy atom. The number of hydrogen-bond acceptors (Lipinski definition) is 4. The maximum atomic E-state index is 12.3. The molecular formula is C15H19ClN4O2S. The zero-order chi connectivity index (χ0) is 16.2. The molecule has 1 amide bonds. The molecule has 0 saturated carbocycles. The Bertz CT molecular complexity index is 749. The number of halogens is 1. The predicted octanol–water partition coefficient (Wildman–Crippen LogP) is 1.85. The van der Waals surface area contributed by atoms with Crippen molar-refractivity contribution in [3.05, 3.63) is 37.7 Å². The molecule has 2 aromatic rings. The van der Waals surface area contributed by atoms with E-state index < -0.39 is 0 Å². The summed E-state index contributed by atoms with van der Waals surface area (Å²) in [7, 11) is 0. The first-order chi connectivity index (χ1) is 11.1. The van der Waals surface area contributed by atoms with E-state index in [4.69, 9.17) is 11.6 Å². The van der Waals surface area contributed by atoms with Gasteiger partial charge in [0.15, 0.2) is 0 Å². The molecule has 3 rings (SSSR count). The molecule has 0 saturated heterocycles. The van der Waals surface area contributed by atoms with Crippen LogP contribution in [0.2, 0.25) is 4.34 Å². The highest BCUT2D eigenvalue weighted by atomic mass is 35.5. The van der Waals surface area contributed by atoms with Gasteiger partial charge in [-0.2, -0.15) is 5.10 Å². The average Bonchev–Trinajstić information content (AvgIpc) is 2.95. The molecular weight excluding hydrogens is 336 g/mol. The van der Waals surface area contributed by atoms with Crippen molar-refractivity contribution >= 4 is 28.8 Å². The van der Waals surface area contributed by atoms with E-state index in [-0.39, 0.29) is 18.1 Å². The molecule has 6 nitrogen and oxygen atoms in total. The number of rotatable bonds is 5. The number of aryl methyl sites for hydroxylation is 1. The zero-order valence-electron chi connectivity index (χ0n) is 12.8. The van der Waals surface area contributed by atoms with E-state index in [0.717, 1.165) is 47.1 Å². The first-order valence-electron chi connectivity index (χ1n) is 7.81. The number of amides is 1. The van der Waals surface area contributed by atoms with Crippen molar-refractivity contribution in [1.82, 2.24) is 19.7 Å². The summed E-state index contributed by atoms with van der Waals surface area (Å²) in [5, 5.41) is 7.14. The Hall–Kier alpha value is -1.60. The molecule has 0 aliphatic carbocycles. The SMILES string of the molecule is O=C(Cn1nc2n(c1=O)CCCCC2)NCCc1ccc(Cl)s1. The van der Waals surface area contributed by atoms with E-state index >= 15 is 0 Å². The molecule has 0 radical (unpaired) electrons. The first-order valence-corrected chi connectivity index (χ1v) is 9.00. The summed E-state index contributed by atoms with van der Waals surface area (Å²) in [4.78, 5) is 25.4. The summed E-state index contributed by atoms with van der Waals surface area (Å²) in [5.41, 5.74) is -0.179. The van der Waals surface area contributed by atoms with Gasteiger partial charge in [0.1, 0.15) is 12.4 Å². The van der Waals surface area contributed by atoms with Crippen LogP contribution in [0.15, 0.2) is 16.9 Å². The van der Waals surface area contributed by atoms with Crippen LogP contribution in [0.3, 0.4) is 0 Å². The Kier molecular flexibility index (Phi) is 5.17. The highest BCUT2D eigenvalue weighted by Crippen LogP contribution is 2.21. The summed E-state index contributed by atoms with van der Waals surface area (Å²) in [6.07, 6.45) is 4.71. The smallest absolute Gasteiger partial charge is 0.346 e. The van der Waals surface area contributed by atoms with Gasteiger partial charge >= 0.3 is 5.69 Å². The summed E-state index contributed by atoms with van der Waals surface area (Å²) < 4.78 is 3.73. The van der Waals surface area contributed by atoms with Gasteiger partial charge in [-0.3, -0.25) is 9.36 Å². The minimum Gasteiger partial charge on any atom is -0.354 e.